The van der Waals surface area contributed by atoms with Gasteiger partial charge in [0.15, 0.2) is 11.5 Å². The number of anilines is 2. The van der Waals surface area contributed by atoms with E-state index in [0.717, 1.165) is 36.3 Å². The number of aromatic amines is 1. The van der Waals surface area contributed by atoms with E-state index in [-0.39, 0.29) is 23.7 Å². The van der Waals surface area contributed by atoms with Gasteiger partial charge < -0.3 is 25.6 Å². The van der Waals surface area contributed by atoms with Gasteiger partial charge in [0, 0.05) is 31.1 Å². The van der Waals surface area contributed by atoms with Gasteiger partial charge in [-0.05, 0) is 42.7 Å². The van der Waals surface area contributed by atoms with E-state index in [4.69, 9.17) is 10.5 Å². The highest BCUT2D eigenvalue weighted by Crippen LogP contribution is 2.34. The molecule has 0 spiro atoms. The van der Waals surface area contributed by atoms with Gasteiger partial charge in [0.1, 0.15) is 11.8 Å². The Morgan fingerprint density at radius 2 is 2.18 bits per heavy atom. The second kappa shape index (κ2) is 9.64. The molecule has 0 bridgehead atoms. The van der Waals surface area contributed by atoms with Crippen LogP contribution in [0.15, 0.2) is 36.7 Å². The number of fused-ring (bicyclic) bond motifs is 2. The third-order valence-electron chi connectivity index (χ3n) is 7.25. The number of carbonyl (C=O) groups excluding carboxylic acids is 2. The fourth-order valence-corrected chi connectivity index (χ4v) is 5.35. The summed E-state index contributed by atoms with van der Waals surface area (Å²) in [6.45, 7) is 2.16. The predicted octanol–water partition coefficient (Wildman–Crippen LogP) is 1.92. The lowest BCUT2D eigenvalue weighted by Gasteiger charge is -2.34. The summed E-state index contributed by atoms with van der Waals surface area (Å²) in [6.07, 6.45) is 4.65. The molecule has 2 aliphatic heterocycles. The SMILES string of the molecule is COC(=O)N1CC=C(c2cc(N3CCC[C@@H](NC(=O)c4n[nH]c5ccc(C#N)cc45)C3)c3c(N)ncnn23)C1. The topological polar surface area (TPSA) is 171 Å². The number of hydrogen-bond acceptors (Lipinski definition) is 9. The molecule has 198 valence electrons. The van der Waals surface area contributed by atoms with Crippen LogP contribution in [0.4, 0.5) is 16.3 Å². The highest BCUT2D eigenvalue weighted by Gasteiger charge is 2.29. The van der Waals surface area contributed by atoms with Crippen LogP contribution in [0.2, 0.25) is 0 Å². The Morgan fingerprint density at radius 3 is 3.00 bits per heavy atom. The molecule has 13 nitrogen and oxygen atoms in total. The van der Waals surface area contributed by atoms with E-state index in [9.17, 15) is 14.9 Å². The number of H-pyrrole nitrogens is 1. The normalized spacial score (nSPS) is 17.3. The van der Waals surface area contributed by atoms with Crippen molar-refractivity contribution < 1.29 is 14.3 Å². The molecule has 1 fully saturated rings. The molecule has 2 aliphatic rings. The Bertz CT molecular complexity index is 1680. The van der Waals surface area contributed by atoms with Crippen LogP contribution in [0, 0.1) is 11.3 Å². The van der Waals surface area contributed by atoms with Crippen molar-refractivity contribution in [3.05, 3.63) is 53.6 Å². The minimum Gasteiger partial charge on any atom is -0.453 e. The van der Waals surface area contributed by atoms with Crippen LogP contribution in [-0.2, 0) is 4.74 Å². The maximum atomic E-state index is 13.2. The summed E-state index contributed by atoms with van der Waals surface area (Å²) < 4.78 is 6.63. The Balaban J connectivity index is 1.26. The van der Waals surface area contributed by atoms with Gasteiger partial charge in [0.05, 0.1) is 42.2 Å². The minimum atomic E-state index is -0.389. The molecular formula is C26H26N10O3. The first-order valence-electron chi connectivity index (χ1n) is 12.6. The zero-order chi connectivity index (χ0) is 27.1. The summed E-state index contributed by atoms with van der Waals surface area (Å²) in [5.74, 6) is 0.0459. The number of aromatic nitrogens is 5. The molecule has 1 saturated heterocycles. The van der Waals surface area contributed by atoms with E-state index in [2.05, 4.69) is 36.6 Å². The first kappa shape index (κ1) is 24.2. The number of piperidine rings is 1. The van der Waals surface area contributed by atoms with Crippen molar-refractivity contribution in [3.63, 3.8) is 0 Å². The lowest BCUT2D eigenvalue weighted by molar-refractivity contribution is 0.0929. The largest absolute Gasteiger partial charge is 0.453 e. The number of nitriles is 1. The van der Waals surface area contributed by atoms with Crippen molar-refractivity contribution in [3.8, 4) is 6.07 Å². The molecule has 0 radical (unpaired) electrons. The third-order valence-corrected chi connectivity index (χ3v) is 7.25. The van der Waals surface area contributed by atoms with Gasteiger partial charge in [-0.15, -0.1) is 0 Å². The van der Waals surface area contributed by atoms with Crippen molar-refractivity contribution in [1.29, 1.82) is 5.26 Å². The van der Waals surface area contributed by atoms with Crippen molar-refractivity contribution >= 4 is 45.5 Å². The number of nitrogens with zero attached hydrogens (tertiary/aromatic N) is 7. The summed E-state index contributed by atoms with van der Waals surface area (Å²) in [5.41, 5.74) is 11.0. The molecular weight excluding hydrogens is 500 g/mol. The van der Waals surface area contributed by atoms with Gasteiger partial charge in [-0.2, -0.15) is 15.5 Å². The van der Waals surface area contributed by atoms with Crippen molar-refractivity contribution in [2.75, 3.05) is 43.9 Å². The van der Waals surface area contributed by atoms with E-state index in [1.165, 1.54) is 13.4 Å². The number of nitrogens with one attached hydrogen (secondary N) is 2. The number of ether oxygens (including phenoxy) is 1. The maximum absolute atomic E-state index is 13.2. The Morgan fingerprint density at radius 1 is 1.31 bits per heavy atom. The second-order valence-electron chi connectivity index (χ2n) is 9.60. The van der Waals surface area contributed by atoms with E-state index in [1.54, 1.807) is 27.6 Å². The average Bonchev–Trinajstić information content (AvgIpc) is 3.69. The fraction of sp³-hybridized carbons (Fsp3) is 0.308. The van der Waals surface area contributed by atoms with Gasteiger partial charge >= 0.3 is 6.09 Å². The highest BCUT2D eigenvalue weighted by molar-refractivity contribution is 6.05. The molecule has 4 aromatic rings. The van der Waals surface area contributed by atoms with E-state index < -0.39 is 0 Å². The maximum Gasteiger partial charge on any atom is 0.410 e. The summed E-state index contributed by atoms with van der Waals surface area (Å²) >= 11 is 0. The smallest absolute Gasteiger partial charge is 0.410 e. The third kappa shape index (κ3) is 4.25. The molecule has 0 aliphatic carbocycles. The number of nitrogen functional groups attached to an aromatic ring is 1. The molecule has 13 heteroatoms. The van der Waals surface area contributed by atoms with Gasteiger partial charge in [0.2, 0.25) is 0 Å². The number of carbonyl (C=O) groups is 2. The van der Waals surface area contributed by atoms with E-state index in [0.29, 0.717) is 47.4 Å². The van der Waals surface area contributed by atoms with Crippen LogP contribution in [0.3, 0.4) is 0 Å². The number of amides is 2. The number of rotatable bonds is 4. The van der Waals surface area contributed by atoms with Crippen molar-refractivity contribution in [2.45, 2.75) is 18.9 Å². The molecule has 3 aromatic heterocycles. The molecule has 6 rings (SSSR count). The zero-order valence-electron chi connectivity index (χ0n) is 21.2. The molecule has 4 N–H and O–H groups in total. The number of benzene rings is 1. The molecule has 0 saturated carbocycles. The zero-order valence-corrected chi connectivity index (χ0v) is 21.2. The number of nitrogens with two attached hydrogens (primary N) is 1. The Hall–Kier alpha value is -5.12. The van der Waals surface area contributed by atoms with Crippen LogP contribution in [0.1, 0.15) is 34.6 Å². The Kier molecular flexibility index (Phi) is 5.99. The monoisotopic (exact) mass is 526 g/mol. The lowest BCUT2D eigenvalue weighted by Crippen LogP contribution is -2.48. The molecule has 5 heterocycles. The number of hydrogen-bond donors (Lipinski definition) is 3. The predicted molar refractivity (Wildman–Crippen MR) is 143 cm³/mol. The van der Waals surface area contributed by atoms with Crippen LogP contribution >= 0.6 is 0 Å². The first-order valence-corrected chi connectivity index (χ1v) is 12.6. The fourth-order valence-electron chi connectivity index (χ4n) is 5.35. The van der Waals surface area contributed by atoms with Crippen LogP contribution < -0.4 is 16.0 Å². The lowest BCUT2D eigenvalue weighted by atomic mass is 10.0. The second-order valence-corrected chi connectivity index (χ2v) is 9.60. The van der Waals surface area contributed by atoms with Crippen LogP contribution in [0.5, 0.6) is 0 Å². The van der Waals surface area contributed by atoms with Gasteiger partial charge in [-0.3, -0.25) is 9.89 Å². The van der Waals surface area contributed by atoms with Crippen molar-refractivity contribution in [1.82, 2.24) is 35.0 Å². The minimum absolute atomic E-state index is 0.137. The Labute approximate surface area is 222 Å². The summed E-state index contributed by atoms with van der Waals surface area (Å²) in [4.78, 5) is 33.2. The molecule has 0 unspecified atom stereocenters. The number of methoxy groups -OCH3 is 1. The first-order chi connectivity index (χ1) is 19.0. The van der Waals surface area contributed by atoms with Gasteiger partial charge in [-0.25, -0.2) is 14.3 Å². The summed E-state index contributed by atoms with van der Waals surface area (Å²) in [7, 11) is 1.36. The standard InChI is InChI=1S/C26H26N10O3/c1-39-26(38)35-8-6-16(12-35)20-10-21(23-24(28)29-14-30-36(20)23)34-7-2-3-17(13-34)31-25(37)22-18-9-15(11-27)4-5-19(18)32-33-22/h4-6,9-10,14,17H,2-3,7-8,12-13H2,1H3,(H,31,37)(H,32,33)(H2,28,29,30)/t17-/m1/s1. The highest BCUT2D eigenvalue weighted by atomic mass is 16.5. The molecule has 39 heavy (non-hydrogen) atoms. The molecule has 1 aromatic carbocycles. The van der Waals surface area contributed by atoms with Gasteiger partial charge in [-0.1, -0.05) is 6.08 Å². The van der Waals surface area contributed by atoms with Gasteiger partial charge in [0.25, 0.3) is 5.91 Å². The summed E-state index contributed by atoms with van der Waals surface area (Å²) in [5, 5.41) is 24.5. The van der Waals surface area contributed by atoms with Crippen LogP contribution in [-0.4, -0.2) is 81.0 Å². The average molecular weight is 527 g/mol. The molecule has 1 atom stereocenters. The van der Waals surface area contributed by atoms with Crippen molar-refractivity contribution in [2.24, 2.45) is 0 Å². The molecule has 2 amide bonds. The summed E-state index contributed by atoms with van der Waals surface area (Å²) in [6, 6.07) is 9.07. The van der Waals surface area contributed by atoms with E-state index in [1.807, 2.05) is 12.1 Å². The van der Waals surface area contributed by atoms with E-state index >= 15 is 0 Å². The quantitative estimate of drug-likeness (QED) is 0.359. The van der Waals surface area contributed by atoms with Crippen LogP contribution in [0.25, 0.3) is 22.0 Å².